The molecule has 13 N–H and O–H groups in total. The second kappa shape index (κ2) is 35.4. The van der Waals surface area contributed by atoms with Crippen molar-refractivity contribution >= 4 is 171 Å². The summed E-state index contributed by atoms with van der Waals surface area (Å²) in [5, 5.41) is 44.5. The fourth-order valence-electron chi connectivity index (χ4n) is 16.3. The molecular formula is C92H77FN32O7S2. The first kappa shape index (κ1) is 85.7. The Hall–Kier alpha value is -17.7. The smallest absolute Gasteiger partial charge is 0.274 e. The van der Waals surface area contributed by atoms with Gasteiger partial charge in [0.05, 0.1) is 112 Å². The predicted octanol–water partition coefficient (Wildman–Crippen LogP) is 11.7. The molecule has 0 bridgehead atoms. The lowest BCUT2D eigenvalue weighted by Crippen LogP contribution is -2.27. The van der Waals surface area contributed by atoms with Gasteiger partial charge in [0.15, 0.2) is 32.9 Å². The molecule has 0 aliphatic heterocycles. The van der Waals surface area contributed by atoms with Crippen LogP contribution in [-0.2, 0) is 57.2 Å². The number of carbonyl (C=O) groups excluding carboxylic acids is 1. The lowest BCUT2D eigenvalue weighted by Gasteiger charge is -2.10. The number of hydrogen-bond donors (Lipinski definition) is 8. The van der Waals surface area contributed by atoms with E-state index in [1.54, 1.807) is 50.5 Å². The number of nitrogen functional groups attached to an aromatic ring is 5. The van der Waals surface area contributed by atoms with E-state index >= 15 is 0 Å². The number of para-hydroxylation sites is 8. The number of phenols is 2. The van der Waals surface area contributed by atoms with Crippen LogP contribution in [-0.4, -0.2) is 143 Å². The molecule has 22 rings (SSSR count). The van der Waals surface area contributed by atoms with Gasteiger partial charge in [0.2, 0.25) is 5.91 Å². The molecular weight excluding hydrogens is 1750 g/mol. The van der Waals surface area contributed by atoms with Gasteiger partial charge in [-0.25, -0.2) is 92.9 Å². The molecule has 0 saturated heterocycles. The highest BCUT2D eigenvalue weighted by Crippen LogP contribution is 2.39. The van der Waals surface area contributed by atoms with Crippen LogP contribution < -0.4 is 56.2 Å². The van der Waals surface area contributed by atoms with Crippen LogP contribution in [0, 0.1) is 5.82 Å². The lowest BCUT2D eigenvalue weighted by atomic mass is 10.1. The summed E-state index contributed by atoms with van der Waals surface area (Å²) in [5.41, 5.74) is 45.4. The van der Waals surface area contributed by atoms with E-state index in [2.05, 4.69) is 85.3 Å². The van der Waals surface area contributed by atoms with Crippen molar-refractivity contribution in [3.63, 3.8) is 0 Å². The van der Waals surface area contributed by atoms with E-state index in [4.69, 9.17) is 38.9 Å². The number of aryl methyl sites for hydroxylation is 4. The van der Waals surface area contributed by atoms with Gasteiger partial charge < -0.3 is 62.5 Å². The van der Waals surface area contributed by atoms with Gasteiger partial charge in [-0.15, -0.1) is 0 Å². The predicted molar refractivity (Wildman–Crippen MR) is 512 cm³/mol. The molecule has 0 fully saturated rings. The van der Waals surface area contributed by atoms with Crippen molar-refractivity contribution in [3.05, 3.63) is 271 Å². The van der Waals surface area contributed by atoms with E-state index in [1.165, 1.54) is 71.7 Å². The van der Waals surface area contributed by atoms with Gasteiger partial charge in [-0.2, -0.15) is 20.4 Å². The number of hydrogen-bond acceptors (Lipinski definition) is 32. The monoisotopic (exact) mass is 1820 g/mol. The maximum absolute atomic E-state index is 13.9. The Kier molecular flexibility index (Phi) is 22.6. The Labute approximate surface area is 761 Å². The van der Waals surface area contributed by atoms with E-state index in [1.807, 2.05) is 167 Å². The number of nitrogens with zero attached hydrogens (tertiary/aromatic N) is 26. The zero-order valence-corrected chi connectivity index (χ0v) is 73.5. The summed E-state index contributed by atoms with van der Waals surface area (Å²) in [6.07, 6.45) is 5.43. The molecule has 0 saturated carbocycles. The van der Waals surface area contributed by atoms with Gasteiger partial charge >= 0.3 is 0 Å². The number of anilines is 6. The molecule has 0 aliphatic rings. The Bertz CT molecular complexity index is 8740. The van der Waals surface area contributed by atoms with Crippen molar-refractivity contribution in [1.29, 1.82) is 0 Å². The molecule has 1 amide bonds. The number of carbonyl (C=O) groups is 1. The fraction of sp³-hybridized carbons (Fsp3) is 0.141. The van der Waals surface area contributed by atoms with E-state index in [-0.39, 0.29) is 89.0 Å². The molecule has 134 heavy (non-hydrogen) atoms. The van der Waals surface area contributed by atoms with Crippen molar-refractivity contribution in [2.45, 2.75) is 87.0 Å². The fourth-order valence-corrected chi connectivity index (χ4v) is 18.0. The van der Waals surface area contributed by atoms with Crippen molar-refractivity contribution in [3.8, 4) is 56.5 Å². The normalized spacial score (nSPS) is 11.5. The molecule has 14 aromatic heterocycles. The Morgan fingerprint density at radius 1 is 0.358 bits per heavy atom. The summed E-state index contributed by atoms with van der Waals surface area (Å²) in [4.78, 5) is 125. The van der Waals surface area contributed by atoms with Crippen molar-refractivity contribution in [1.82, 2.24) is 127 Å². The summed E-state index contributed by atoms with van der Waals surface area (Å²) in [6, 6.07) is 51.9. The Morgan fingerprint density at radius 3 is 1.03 bits per heavy atom. The maximum atomic E-state index is 13.9. The third-order valence-electron chi connectivity index (χ3n) is 22.3. The highest BCUT2D eigenvalue weighted by atomic mass is 32.1. The van der Waals surface area contributed by atoms with Gasteiger partial charge in [-0.1, -0.05) is 95.5 Å². The first-order valence-corrected chi connectivity index (χ1v) is 43.6. The van der Waals surface area contributed by atoms with E-state index in [0.29, 0.717) is 143 Å². The van der Waals surface area contributed by atoms with Crippen LogP contribution in [0.15, 0.2) is 220 Å². The first-order valence-electron chi connectivity index (χ1n) is 41.9. The average molecular weight is 1830 g/mol. The quantitative estimate of drug-likeness (QED) is 0.0420. The van der Waals surface area contributed by atoms with Crippen molar-refractivity contribution in [2.75, 3.05) is 34.0 Å². The molecule has 0 radical (unpaired) electrons. The number of nitrogens with two attached hydrogens (primary N) is 5. The van der Waals surface area contributed by atoms with Gasteiger partial charge in [0.1, 0.15) is 111 Å². The Balaban J connectivity index is 0.000000115. The van der Waals surface area contributed by atoms with Gasteiger partial charge in [-0.05, 0) is 125 Å². The van der Waals surface area contributed by atoms with Crippen LogP contribution in [0.1, 0.15) is 57.4 Å². The van der Waals surface area contributed by atoms with Crippen LogP contribution in [0.2, 0.25) is 0 Å². The SMILES string of the molecule is CCn1c(=O)c(Cn2nc(-c3cc(O)cc(F)c3)c3c(N)ncnc32)nc2ccccc21.CCn1c(=O)c(Cn2nc(-c3ccc4nc(N)sc4c3)c3c(N)ncnc32)nc2ccccc21.CCn1c(=O)c(Cn2nc(-c3ccc4nc(NC(C)=O)sc4c3)c3c(N)ncnc32)nc2ccccc21.CCn1c(=O)c(Cn2nc(-c3cccc(O)c3)c3c(N)ncnc32)nc2ccccc21. The van der Waals surface area contributed by atoms with Crippen molar-refractivity contribution < 1.29 is 19.4 Å². The number of thiazole rings is 2. The number of amides is 1. The summed E-state index contributed by atoms with van der Waals surface area (Å²) < 4.78 is 28.9. The van der Waals surface area contributed by atoms with Gasteiger partial charge in [0, 0.05) is 61.4 Å². The van der Waals surface area contributed by atoms with E-state index in [9.17, 15) is 38.6 Å². The number of aromatic hydroxyl groups is 2. The summed E-state index contributed by atoms with van der Waals surface area (Å²) >= 11 is 2.77. The number of benzene rings is 8. The topological polar surface area (TPSA) is 539 Å². The van der Waals surface area contributed by atoms with Gasteiger partial charge in [0.25, 0.3) is 22.2 Å². The Morgan fingerprint density at radius 2 is 0.687 bits per heavy atom. The zero-order valence-electron chi connectivity index (χ0n) is 71.9. The van der Waals surface area contributed by atoms with Crippen LogP contribution in [0.5, 0.6) is 11.5 Å². The zero-order chi connectivity index (χ0) is 93.0. The largest absolute Gasteiger partial charge is 0.508 e. The third kappa shape index (κ3) is 16.1. The minimum atomic E-state index is -0.625. The maximum Gasteiger partial charge on any atom is 0.274 e. The second-order valence-corrected chi connectivity index (χ2v) is 32.7. The third-order valence-corrected chi connectivity index (χ3v) is 24.1. The second-order valence-electron chi connectivity index (χ2n) is 30.6. The van der Waals surface area contributed by atoms with Crippen LogP contribution >= 0.6 is 22.7 Å². The molecule has 14 heterocycles. The van der Waals surface area contributed by atoms with Crippen molar-refractivity contribution in [2.24, 2.45) is 0 Å². The van der Waals surface area contributed by atoms with Crippen LogP contribution in [0.4, 0.5) is 37.9 Å². The minimum absolute atomic E-state index is 0.0257. The lowest BCUT2D eigenvalue weighted by molar-refractivity contribution is -0.114. The molecule has 42 heteroatoms. The summed E-state index contributed by atoms with van der Waals surface area (Å²) in [7, 11) is 0. The summed E-state index contributed by atoms with van der Waals surface area (Å²) in [5.74, 6) is 0.0698. The number of halogens is 1. The highest BCUT2D eigenvalue weighted by Gasteiger charge is 2.27. The molecule has 0 spiro atoms. The summed E-state index contributed by atoms with van der Waals surface area (Å²) in [6.45, 7) is 11.6. The number of aromatic nitrogens is 26. The number of rotatable bonds is 17. The molecule has 0 aliphatic carbocycles. The van der Waals surface area contributed by atoms with E-state index in [0.717, 1.165) is 76.2 Å². The standard InChI is InChI=1S/C25H21N9O2S.C23H19N9OS.C22H18FN7O2.C22H19N7O2/c1-3-33-18-7-5-4-6-15(18)30-17(24(33)36)11-34-23-20(22(26)27-12-28-23)21(32-34)14-8-9-16-19(10-14)37-25(31-16)29-13(2)35;1-2-31-16-6-4-3-5-13(16)28-15(22(31)33)10-32-21-18(20(24)26-11-27-21)19(30-32)12-7-8-14-17(9-12)34-23(25)29-14;1-2-29-17-6-4-3-5-15(17)27-16(22(29)32)10-30-21-18(20(24)25-11-26-21)19(28-30)12-7-13(23)9-14(31)8-12;1-2-28-17-9-4-3-8-15(17)26-16(22(28)31)11-29-21-18(20(23)24-12-25-21)19(27-29)13-6-5-7-14(30)10-13/h4-10,12H,3,11H2,1-2H3,(H2,26,27,28)(H,29,31,35);3-9,11H,2,10H2,1H3,(H2,25,29)(H2,24,26,27);3-9,11,31H,2,10H2,1H3,(H2,24,25,26);3-10,12,30H,2,11H2,1H3,(H2,23,24,25). The van der Waals surface area contributed by atoms with Crippen LogP contribution in [0.25, 0.3) is 154 Å². The molecule has 22 aromatic rings. The average Bonchev–Trinajstić information content (AvgIpc) is 1.59. The molecule has 0 atom stereocenters. The number of fused-ring (bicyclic) bond motifs is 10. The first-order chi connectivity index (χ1) is 65.0. The van der Waals surface area contributed by atoms with Gasteiger partial charge in [-0.3, -0.25) is 24.0 Å². The van der Waals surface area contributed by atoms with Crippen LogP contribution in [0.3, 0.4) is 0 Å². The van der Waals surface area contributed by atoms with E-state index < -0.39 is 5.82 Å². The minimum Gasteiger partial charge on any atom is -0.508 e. The number of nitrogens with one attached hydrogen (secondary N) is 1. The highest BCUT2D eigenvalue weighted by molar-refractivity contribution is 7.22. The molecule has 0 unspecified atom stereocenters. The molecule has 666 valence electrons. The molecule has 39 nitrogen and oxygen atoms in total. The molecule has 8 aromatic carbocycles. The number of phenolic OH excluding ortho intramolecular Hbond substituents is 2.